The van der Waals surface area contributed by atoms with Crippen molar-refractivity contribution >= 4 is 34.8 Å². The molecule has 1 aliphatic rings. The van der Waals surface area contributed by atoms with Crippen molar-refractivity contribution in [2.75, 3.05) is 30.8 Å². The van der Waals surface area contributed by atoms with Gasteiger partial charge < -0.3 is 15.4 Å². The maximum atomic E-state index is 6.19. The van der Waals surface area contributed by atoms with Gasteiger partial charge in [0.1, 0.15) is 11.6 Å². The smallest absolute Gasteiger partial charge is 0.147 e. The first-order valence-corrected chi connectivity index (χ1v) is 7.75. The van der Waals surface area contributed by atoms with E-state index in [1.807, 2.05) is 0 Å². The van der Waals surface area contributed by atoms with E-state index in [2.05, 4.69) is 22.5 Å². The Hall–Kier alpha value is -0.710. The van der Waals surface area contributed by atoms with Gasteiger partial charge in [0, 0.05) is 20.2 Å². The van der Waals surface area contributed by atoms with E-state index in [0.717, 1.165) is 25.8 Å². The summed E-state index contributed by atoms with van der Waals surface area (Å²) in [5.41, 5.74) is -0.0678. The van der Waals surface area contributed by atoms with Gasteiger partial charge in [-0.25, -0.2) is 4.98 Å². The molecule has 0 spiro atoms. The molecule has 1 aromatic rings. The molecular weight excluding hydrogens is 297 g/mol. The van der Waals surface area contributed by atoms with Crippen LogP contribution in [0.1, 0.15) is 32.6 Å². The van der Waals surface area contributed by atoms with E-state index < -0.39 is 0 Å². The number of methoxy groups -OCH3 is 1. The molecule has 1 saturated carbocycles. The topological polar surface area (TPSA) is 46.2 Å². The quantitative estimate of drug-likeness (QED) is 0.791. The molecule has 0 saturated heterocycles. The zero-order chi connectivity index (χ0) is 14.6. The fourth-order valence-electron chi connectivity index (χ4n) is 2.23. The van der Waals surface area contributed by atoms with Crippen LogP contribution in [0.2, 0.25) is 10.0 Å². The molecule has 2 rings (SSSR count). The van der Waals surface area contributed by atoms with Crippen molar-refractivity contribution in [1.29, 1.82) is 0 Å². The summed E-state index contributed by atoms with van der Waals surface area (Å²) in [4.78, 5) is 4.46. The maximum Gasteiger partial charge on any atom is 0.147 e. The molecule has 0 radical (unpaired) electrons. The van der Waals surface area contributed by atoms with Gasteiger partial charge in [0.25, 0.3) is 0 Å². The van der Waals surface area contributed by atoms with E-state index in [1.54, 1.807) is 13.2 Å². The van der Waals surface area contributed by atoms with Crippen LogP contribution in [-0.4, -0.2) is 30.8 Å². The first-order valence-electron chi connectivity index (χ1n) is 6.99. The van der Waals surface area contributed by atoms with Crippen molar-refractivity contribution in [1.82, 2.24) is 4.98 Å². The molecule has 0 bridgehead atoms. The van der Waals surface area contributed by atoms with Crippen molar-refractivity contribution in [2.45, 2.75) is 38.2 Å². The van der Waals surface area contributed by atoms with Gasteiger partial charge in [-0.2, -0.15) is 0 Å². The zero-order valence-corrected chi connectivity index (χ0v) is 13.4. The second-order valence-corrected chi connectivity index (χ2v) is 5.98. The summed E-state index contributed by atoms with van der Waals surface area (Å²) in [6.45, 7) is 3.63. The normalized spacial score (nSPS) is 16.6. The van der Waals surface area contributed by atoms with Crippen LogP contribution < -0.4 is 10.6 Å². The summed E-state index contributed by atoms with van der Waals surface area (Å²) >= 11 is 12.3. The third-order valence-electron chi connectivity index (χ3n) is 3.75. The molecule has 4 nitrogen and oxygen atoms in total. The highest BCUT2D eigenvalue weighted by Gasteiger charge is 2.36. The summed E-state index contributed by atoms with van der Waals surface area (Å²) < 4.78 is 5.58. The lowest BCUT2D eigenvalue weighted by atomic mass is 9.80. The molecule has 20 heavy (non-hydrogen) atoms. The maximum absolute atomic E-state index is 6.19. The number of rotatable bonds is 7. The fourth-order valence-corrected chi connectivity index (χ4v) is 2.72. The van der Waals surface area contributed by atoms with Crippen LogP contribution >= 0.6 is 23.2 Å². The van der Waals surface area contributed by atoms with E-state index in [-0.39, 0.29) is 5.60 Å². The molecule has 0 amide bonds. The average molecular weight is 318 g/mol. The summed E-state index contributed by atoms with van der Waals surface area (Å²) in [6.07, 6.45) is 4.36. The number of ether oxygens (including phenoxy) is 1. The summed E-state index contributed by atoms with van der Waals surface area (Å²) in [7, 11) is 1.76. The molecule has 0 unspecified atom stereocenters. The number of nitrogens with one attached hydrogen (secondary N) is 2. The second-order valence-electron chi connectivity index (χ2n) is 5.17. The Morgan fingerprint density at radius 3 is 2.40 bits per heavy atom. The first kappa shape index (κ1) is 15.7. The molecule has 6 heteroatoms. The SMILES string of the molecule is CCCNc1nc(NCC2(OC)CCC2)c(Cl)cc1Cl. The zero-order valence-electron chi connectivity index (χ0n) is 11.9. The van der Waals surface area contributed by atoms with E-state index >= 15 is 0 Å². The van der Waals surface area contributed by atoms with Crippen LogP contribution in [0.15, 0.2) is 6.07 Å². The van der Waals surface area contributed by atoms with E-state index in [9.17, 15) is 0 Å². The lowest BCUT2D eigenvalue weighted by Crippen LogP contribution is -2.45. The molecule has 1 heterocycles. The molecule has 0 aliphatic heterocycles. The third-order valence-corrected chi connectivity index (χ3v) is 4.32. The number of pyridine rings is 1. The monoisotopic (exact) mass is 317 g/mol. The van der Waals surface area contributed by atoms with E-state index in [1.165, 1.54) is 6.42 Å². The minimum absolute atomic E-state index is 0.0678. The standard InChI is InChI=1S/C14H21Cl2N3O/c1-3-7-17-12-10(15)8-11(16)13(19-12)18-9-14(20-2)5-4-6-14/h8H,3-7,9H2,1-2H3,(H2,17,18,19). The lowest BCUT2D eigenvalue weighted by Gasteiger charge is -2.40. The second kappa shape index (κ2) is 6.83. The van der Waals surface area contributed by atoms with Crippen molar-refractivity contribution in [2.24, 2.45) is 0 Å². The van der Waals surface area contributed by atoms with Gasteiger partial charge in [-0.15, -0.1) is 0 Å². The third kappa shape index (κ3) is 3.48. The van der Waals surface area contributed by atoms with E-state index in [0.29, 0.717) is 28.2 Å². The predicted octanol–water partition coefficient (Wildman–Crippen LogP) is 4.19. The Balaban J connectivity index is 2.06. The van der Waals surface area contributed by atoms with E-state index in [4.69, 9.17) is 27.9 Å². The fraction of sp³-hybridized carbons (Fsp3) is 0.643. The Kier molecular flexibility index (Phi) is 5.35. The minimum atomic E-state index is -0.0678. The molecule has 1 aliphatic carbocycles. The number of hydrogen-bond acceptors (Lipinski definition) is 4. The van der Waals surface area contributed by atoms with Crippen LogP contribution in [0.4, 0.5) is 11.6 Å². The number of anilines is 2. The highest BCUT2D eigenvalue weighted by atomic mass is 35.5. The number of halogens is 2. The van der Waals surface area contributed by atoms with Gasteiger partial charge >= 0.3 is 0 Å². The van der Waals surface area contributed by atoms with Gasteiger partial charge in [0.05, 0.1) is 15.6 Å². The average Bonchev–Trinajstić information content (AvgIpc) is 2.39. The number of nitrogens with zero attached hydrogens (tertiary/aromatic N) is 1. The Bertz CT molecular complexity index is 458. The van der Waals surface area contributed by atoms with Crippen molar-refractivity contribution in [3.05, 3.63) is 16.1 Å². The van der Waals surface area contributed by atoms with Gasteiger partial charge in [-0.1, -0.05) is 30.1 Å². The molecule has 0 aromatic carbocycles. The van der Waals surface area contributed by atoms with Crippen molar-refractivity contribution in [3.8, 4) is 0 Å². The molecule has 0 atom stereocenters. The lowest BCUT2D eigenvalue weighted by molar-refractivity contribution is -0.0601. The molecule has 1 aromatic heterocycles. The van der Waals surface area contributed by atoms with Crippen molar-refractivity contribution < 1.29 is 4.74 Å². The van der Waals surface area contributed by atoms with Crippen molar-refractivity contribution in [3.63, 3.8) is 0 Å². The minimum Gasteiger partial charge on any atom is -0.376 e. The number of aromatic nitrogens is 1. The Labute approximate surface area is 130 Å². The summed E-state index contributed by atoms with van der Waals surface area (Å²) in [5.74, 6) is 1.32. The largest absolute Gasteiger partial charge is 0.376 e. The Morgan fingerprint density at radius 2 is 1.90 bits per heavy atom. The van der Waals surface area contributed by atoms with Crippen LogP contribution in [0.5, 0.6) is 0 Å². The first-order chi connectivity index (χ1) is 9.60. The van der Waals surface area contributed by atoms with Gasteiger partial charge in [0.2, 0.25) is 0 Å². The van der Waals surface area contributed by atoms with Crippen LogP contribution in [0, 0.1) is 0 Å². The summed E-state index contributed by atoms with van der Waals surface area (Å²) in [6, 6.07) is 1.72. The van der Waals surface area contributed by atoms with Crippen LogP contribution in [0.3, 0.4) is 0 Å². The van der Waals surface area contributed by atoms with Gasteiger partial charge in [-0.05, 0) is 31.7 Å². The highest BCUT2D eigenvalue weighted by Crippen LogP contribution is 2.36. The molecular formula is C14H21Cl2N3O. The summed E-state index contributed by atoms with van der Waals surface area (Å²) in [5, 5.41) is 7.55. The van der Waals surface area contributed by atoms with Crippen LogP contribution in [0.25, 0.3) is 0 Å². The highest BCUT2D eigenvalue weighted by molar-refractivity contribution is 6.37. The van der Waals surface area contributed by atoms with Gasteiger partial charge in [0.15, 0.2) is 0 Å². The molecule has 1 fully saturated rings. The Morgan fingerprint density at radius 1 is 1.25 bits per heavy atom. The molecule has 112 valence electrons. The number of hydrogen-bond donors (Lipinski definition) is 2. The van der Waals surface area contributed by atoms with Gasteiger partial charge in [-0.3, -0.25) is 0 Å². The van der Waals surface area contributed by atoms with Crippen LogP contribution in [-0.2, 0) is 4.74 Å². The molecule has 2 N–H and O–H groups in total. The predicted molar refractivity (Wildman–Crippen MR) is 85.1 cm³/mol.